The largest absolute Gasteiger partial charge is 0.330 e. The van der Waals surface area contributed by atoms with Gasteiger partial charge in [-0.1, -0.05) is 41.9 Å². The highest BCUT2D eigenvalue weighted by Crippen LogP contribution is 2.33. The van der Waals surface area contributed by atoms with Gasteiger partial charge >= 0.3 is 0 Å². The minimum atomic E-state index is -0.0751. The van der Waals surface area contributed by atoms with Crippen molar-refractivity contribution >= 4 is 17.5 Å². The van der Waals surface area contributed by atoms with Crippen LogP contribution in [0.2, 0.25) is 5.02 Å². The van der Waals surface area contributed by atoms with E-state index in [4.69, 9.17) is 11.6 Å². The van der Waals surface area contributed by atoms with Crippen molar-refractivity contribution in [3.63, 3.8) is 0 Å². The maximum Gasteiger partial charge on any atom is 0.273 e. The topological polar surface area (TPSA) is 49.0 Å². The van der Waals surface area contributed by atoms with E-state index in [1.807, 2.05) is 23.1 Å². The van der Waals surface area contributed by atoms with Crippen LogP contribution in [-0.4, -0.2) is 27.5 Å². The molecule has 1 amide bonds. The van der Waals surface area contributed by atoms with Crippen LogP contribution < -0.4 is 0 Å². The Morgan fingerprint density at radius 3 is 2.84 bits per heavy atom. The molecule has 2 heterocycles. The summed E-state index contributed by atoms with van der Waals surface area (Å²) >= 11 is 5.97. The lowest BCUT2D eigenvalue weighted by molar-refractivity contribution is 0.0730. The average Bonchev–Trinajstić information content (AvgIpc) is 3.07. The van der Waals surface area contributed by atoms with E-state index in [1.165, 1.54) is 11.8 Å². The molecule has 4 nitrogen and oxygen atoms in total. The number of carbonyl (C=O) groups excluding carboxylic acids is 1. The van der Waals surface area contributed by atoms with E-state index in [0.717, 1.165) is 19.4 Å². The fraction of sp³-hybridized carbons (Fsp3) is 0.286. The molecule has 0 unspecified atom stereocenters. The van der Waals surface area contributed by atoms with Gasteiger partial charge in [-0.15, -0.1) is 0 Å². The first-order chi connectivity index (χ1) is 9.27. The predicted octanol–water partition coefficient (Wildman–Crippen LogP) is 3.04. The van der Waals surface area contributed by atoms with Gasteiger partial charge in [0.1, 0.15) is 5.69 Å². The molecule has 1 aliphatic rings. The fourth-order valence-electron chi connectivity index (χ4n) is 2.60. The van der Waals surface area contributed by atoms with Crippen LogP contribution in [0.4, 0.5) is 0 Å². The summed E-state index contributed by atoms with van der Waals surface area (Å²) in [6.45, 7) is 0.758. The van der Waals surface area contributed by atoms with E-state index in [2.05, 4.69) is 22.3 Å². The Kier molecular flexibility index (Phi) is 3.25. The average molecular weight is 276 g/mol. The molecule has 1 saturated heterocycles. The number of benzene rings is 1. The van der Waals surface area contributed by atoms with Gasteiger partial charge in [0.2, 0.25) is 0 Å². The van der Waals surface area contributed by atoms with Crippen LogP contribution >= 0.6 is 11.6 Å². The van der Waals surface area contributed by atoms with Crippen molar-refractivity contribution in [2.24, 2.45) is 0 Å². The van der Waals surface area contributed by atoms with Gasteiger partial charge in [0.15, 0.2) is 0 Å². The standard InChI is InChI=1S/C14H14ClN3O/c15-11-9-16-17-13(11)14(19)18-8-4-7-12(18)10-5-2-1-3-6-10/h1-3,5-6,9,12H,4,7-8H2,(H,16,17)/t12-/m0/s1. The number of likely N-dealkylation sites (tertiary alicyclic amines) is 1. The smallest absolute Gasteiger partial charge is 0.273 e. The predicted molar refractivity (Wildman–Crippen MR) is 73.1 cm³/mol. The number of hydrogen-bond acceptors (Lipinski definition) is 2. The van der Waals surface area contributed by atoms with E-state index in [0.29, 0.717) is 10.7 Å². The third kappa shape index (κ3) is 2.24. The first-order valence-electron chi connectivity index (χ1n) is 6.32. The summed E-state index contributed by atoms with van der Waals surface area (Å²) in [5.74, 6) is -0.0751. The minimum absolute atomic E-state index is 0.0751. The molecular weight excluding hydrogens is 262 g/mol. The third-order valence-corrected chi connectivity index (χ3v) is 3.79. The summed E-state index contributed by atoms with van der Waals surface area (Å²) in [6, 6.07) is 10.2. The van der Waals surface area contributed by atoms with Crippen LogP contribution in [0, 0.1) is 0 Å². The second-order valence-corrected chi connectivity index (χ2v) is 5.07. The number of H-pyrrole nitrogens is 1. The lowest BCUT2D eigenvalue weighted by Crippen LogP contribution is -2.31. The monoisotopic (exact) mass is 275 g/mol. The molecule has 0 radical (unpaired) electrons. The van der Waals surface area contributed by atoms with Crippen molar-refractivity contribution in [1.29, 1.82) is 0 Å². The molecule has 0 saturated carbocycles. The molecular formula is C14H14ClN3O. The Morgan fingerprint density at radius 2 is 2.16 bits per heavy atom. The SMILES string of the molecule is O=C(c1[nH]ncc1Cl)N1CCC[C@H]1c1ccccc1. The summed E-state index contributed by atoms with van der Waals surface area (Å²) in [7, 11) is 0. The number of aromatic nitrogens is 2. The van der Waals surface area contributed by atoms with Crippen LogP contribution in [-0.2, 0) is 0 Å². The molecule has 1 aliphatic heterocycles. The Balaban J connectivity index is 1.88. The molecule has 2 aromatic rings. The van der Waals surface area contributed by atoms with E-state index < -0.39 is 0 Å². The first-order valence-corrected chi connectivity index (χ1v) is 6.70. The zero-order valence-electron chi connectivity index (χ0n) is 10.3. The van der Waals surface area contributed by atoms with Crippen LogP contribution in [0.15, 0.2) is 36.5 Å². The van der Waals surface area contributed by atoms with Gasteiger partial charge in [0.05, 0.1) is 17.3 Å². The summed E-state index contributed by atoms with van der Waals surface area (Å²) in [6.07, 6.45) is 3.46. The highest BCUT2D eigenvalue weighted by molar-refractivity contribution is 6.33. The summed E-state index contributed by atoms with van der Waals surface area (Å²) in [5.41, 5.74) is 1.55. The normalized spacial score (nSPS) is 18.8. The van der Waals surface area contributed by atoms with E-state index >= 15 is 0 Å². The summed E-state index contributed by atoms with van der Waals surface area (Å²) in [4.78, 5) is 14.4. The van der Waals surface area contributed by atoms with Crippen molar-refractivity contribution in [2.75, 3.05) is 6.54 Å². The highest BCUT2D eigenvalue weighted by atomic mass is 35.5. The third-order valence-electron chi connectivity index (χ3n) is 3.50. The lowest BCUT2D eigenvalue weighted by atomic mass is 10.0. The van der Waals surface area contributed by atoms with Crippen molar-refractivity contribution in [1.82, 2.24) is 15.1 Å². The van der Waals surface area contributed by atoms with Crippen LogP contribution in [0.25, 0.3) is 0 Å². The van der Waals surface area contributed by atoms with Crippen molar-refractivity contribution < 1.29 is 4.79 Å². The fourth-order valence-corrected chi connectivity index (χ4v) is 2.77. The molecule has 1 aromatic carbocycles. The molecule has 1 aromatic heterocycles. The molecule has 19 heavy (non-hydrogen) atoms. The zero-order valence-corrected chi connectivity index (χ0v) is 11.1. The molecule has 3 rings (SSSR count). The number of carbonyl (C=O) groups is 1. The van der Waals surface area contributed by atoms with E-state index in [9.17, 15) is 4.79 Å². The number of halogens is 1. The van der Waals surface area contributed by atoms with Gasteiger partial charge in [-0.3, -0.25) is 9.89 Å². The van der Waals surface area contributed by atoms with Crippen molar-refractivity contribution in [2.45, 2.75) is 18.9 Å². The lowest BCUT2D eigenvalue weighted by Gasteiger charge is -2.24. The number of aromatic amines is 1. The summed E-state index contributed by atoms with van der Waals surface area (Å²) < 4.78 is 0. The quantitative estimate of drug-likeness (QED) is 0.916. The van der Waals surface area contributed by atoms with Crippen molar-refractivity contribution in [3.05, 3.63) is 52.8 Å². The minimum Gasteiger partial charge on any atom is -0.330 e. The number of hydrogen-bond donors (Lipinski definition) is 1. The molecule has 1 atom stereocenters. The Morgan fingerprint density at radius 1 is 1.37 bits per heavy atom. The molecule has 0 bridgehead atoms. The molecule has 1 fully saturated rings. The van der Waals surface area contributed by atoms with Gasteiger partial charge in [0, 0.05) is 6.54 Å². The van der Waals surface area contributed by atoms with Gasteiger partial charge in [-0.2, -0.15) is 5.10 Å². The first kappa shape index (κ1) is 12.2. The number of nitrogens with one attached hydrogen (secondary N) is 1. The number of rotatable bonds is 2. The molecule has 5 heteroatoms. The second kappa shape index (κ2) is 5.05. The Labute approximate surface area is 116 Å². The molecule has 98 valence electrons. The Hall–Kier alpha value is -1.81. The van der Waals surface area contributed by atoms with Crippen LogP contribution in [0.5, 0.6) is 0 Å². The maximum atomic E-state index is 12.5. The molecule has 1 N–H and O–H groups in total. The number of nitrogens with zero attached hydrogens (tertiary/aromatic N) is 2. The highest BCUT2D eigenvalue weighted by Gasteiger charge is 2.32. The van der Waals surface area contributed by atoms with Gasteiger partial charge in [0.25, 0.3) is 5.91 Å². The maximum absolute atomic E-state index is 12.5. The van der Waals surface area contributed by atoms with Crippen molar-refractivity contribution in [3.8, 4) is 0 Å². The van der Waals surface area contributed by atoms with Gasteiger partial charge < -0.3 is 4.90 Å². The van der Waals surface area contributed by atoms with Gasteiger partial charge in [-0.05, 0) is 18.4 Å². The van der Waals surface area contributed by atoms with Gasteiger partial charge in [-0.25, -0.2) is 0 Å². The van der Waals surface area contributed by atoms with Crippen LogP contribution in [0.3, 0.4) is 0 Å². The van der Waals surface area contributed by atoms with E-state index in [1.54, 1.807) is 0 Å². The van der Waals surface area contributed by atoms with E-state index in [-0.39, 0.29) is 11.9 Å². The van der Waals surface area contributed by atoms with Crippen LogP contribution in [0.1, 0.15) is 34.9 Å². The molecule has 0 aliphatic carbocycles. The molecule has 0 spiro atoms. The second-order valence-electron chi connectivity index (χ2n) is 4.66. The summed E-state index contributed by atoms with van der Waals surface area (Å²) in [5, 5.41) is 6.87. The number of amides is 1. The Bertz CT molecular complexity index is 581. The zero-order chi connectivity index (χ0) is 13.2.